The summed E-state index contributed by atoms with van der Waals surface area (Å²) in [7, 11) is 0. The van der Waals surface area contributed by atoms with Gasteiger partial charge in [0, 0.05) is 35.9 Å². The summed E-state index contributed by atoms with van der Waals surface area (Å²) in [6, 6.07) is 26.1. The number of hydrazine groups is 2. The number of benzene rings is 4. The molecule has 8 heteroatoms. The molecule has 2 heterocycles. The summed E-state index contributed by atoms with van der Waals surface area (Å²) >= 11 is 0. The maximum atomic E-state index is 14.4. The van der Waals surface area contributed by atoms with Gasteiger partial charge in [-0.25, -0.2) is 20.0 Å². The molecule has 4 aromatic rings. The highest BCUT2D eigenvalue weighted by atomic mass is 16.2. The van der Waals surface area contributed by atoms with Gasteiger partial charge in [0.05, 0.1) is 22.3 Å². The van der Waals surface area contributed by atoms with Crippen LogP contribution in [0.2, 0.25) is 0 Å². The van der Waals surface area contributed by atoms with Crippen LogP contribution in [-0.2, 0) is 13.1 Å². The molecule has 6 rings (SSSR count). The number of nitrogens with zero attached hydrogens (tertiary/aromatic N) is 4. The summed E-state index contributed by atoms with van der Waals surface area (Å²) in [5, 5.41) is 7.10. The third-order valence-corrected chi connectivity index (χ3v) is 9.96. The number of hydrogen-bond donors (Lipinski definition) is 0. The topological polar surface area (TPSA) is 81.2 Å². The number of hydrogen-bond acceptors (Lipinski definition) is 6. The lowest BCUT2D eigenvalue weighted by molar-refractivity contribution is -0.0303. The van der Waals surface area contributed by atoms with E-state index in [1.54, 1.807) is 24.3 Å². The molecule has 8 nitrogen and oxygen atoms in total. The van der Waals surface area contributed by atoms with Gasteiger partial charge in [0.2, 0.25) is 0 Å². The molecular weight excluding hydrogens is 612 g/mol. The monoisotopic (exact) mass is 658 g/mol. The van der Waals surface area contributed by atoms with E-state index in [-0.39, 0.29) is 12.1 Å². The highest BCUT2D eigenvalue weighted by Gasteiger charge is 2.44. The SMILES string of the molecule is CCCCCC(C)N(Cc1ccccc1)N1C(=O)c2ccc3c4c(ccc(c24)C1=O)C(=O)N(N(Cc1ccccc1)C(C)CCCC)C3=O. The Hall–Kier alpha value is -4.66. The average molecular weight is 659 g/mol. The van der Waals surface area contributed by atoms with Crippen molar-refractivity contribution < 1.29 is 19.2 Å². The van der Waals surface area contributed by atoms with Crippen molar-refractivity contribution in [1.82, 2.24) is 20.0 Å². The zero-order valence-electron chi connectivity index (χ0n) is 29.0. The summed E-state index contributed by atoms with van der Waals surface area (Å²) in [4.78, 5) is 57.6. The van der Waals surface area contributed by atoms with Gasteiger partial charge in [-0.1, -0.05) is 107 Å². The van der Waals surface area contributed by atoms with E-state index in [0.717, 1.165) is 56.1 Å². The molecular formula is C41H46N4O4. The molecule has 4 aromatic carbocycles. The lowest BCUT2D eigenvalue weighted by atomic mass is 9.86. The molecule has 0 saturated heterocycles. The molecule has 0 fully saturated rings. The van der Waals surface area contributed by atoms with Gasteiger partial charge in [-0.3, -0.25) is 19.2 Å². The summed E-state index contributed by atoms with van der Waals surface area (Å²) in [6.07, 6.45) is 6.72. The second-order valence-electron chi connectivity index (χ2n) is 13.4. The second kappa shape index (κ2) is 14.8. The third-order valence-electron chi connectivity index (χ3n) is 9.96. The van der Waals surface area contributed by atoms with Crippen LogP contribution in [0.4, 0.5) is 0 Å². The molecule has 4 amide bonds. The first kappa shape index (κ1) is 34.2. The molecule has 2 aliphatic rings. The Kier molecular flexibility index (Phi) is 10.4. The van der Waals surface area contributed by atoms with Crippen molar-refractivity contribution >= 4 is 34.4 Å². The molecule has 2 unspecified atom stereocenters. The molecule has 0 aromatic heterocycles. The Bertz CT molecular complexity index is 1790. The zero-order valence-corrected chi connectivity index (χ0v) is 29.0. The van der Waals surface area contributed by atoms with Gasteiger partial charge in [0.1, 0.15) is 0 Å². The molecule has 0 radical (unpaired) electrons. The van der Waals surface area contributed by atoms with E-state index in [4.69, 9.17) is 0 Å². The molecule has 2 atom stereocenters. The van der Waals surface area contributed by atoms with E-state index in [1.165, 1.54) is 10.0 Å². The third kappa shape index (κ3) is 6.55. The minimum Gasteiger partial charge on any atom is -0.267 e. The maximum absolute atomic E-state index is 14.4. The minimum atomic E-state index is -0.446. The summed E-state index contributed by atoms with van der Waals surface area (Å²) in [5.41, 5.74) is 3.26. The van der Waals surface area contributed by atoms with Crippen LogP contribution >= 0.6 is 0 Å². The Balaban J connectivity index is 1.40. The molecule has 254 valence electrons. The molecule has 0 saturated carbocycles. The second-order valence-corrected chi connectivity index (χ2v) is 13.4. The van der Waals surface area contributed by atoms with Crippen molar-refractivity contribution in [3.8, 4) is 0 Å². The molecule has 0 spiro atoms. The largest absolute Gasteiger partial charge is 0.276 e. The fraction of sp³-hybridized carbons (Fsp3) is 0.366. The first-order valence-corrected chi connectivity index (χ1v) is 17.7. The van der Waals surface area contributed by atoms with Gasteiger partial charge in [-0.2, -0.15) is 0 Å². The summed E-state index contributed by atoms with van der Waals surface area (Å²) in [6.45, 7) is 9.16. The quantitative estimate of drug-likeness (QED) is 0.0943. The Morgan fingerprint density at radius 1 is 0.490 bits per heavy atom. The first-order valence-electron chi connectivity index (χ1n) is 17.7. The van der Waals surface area contributed by atoms with Gasteiger partial charge in [-0.15, -0.1) is 0 Å². The molecule has 0 bridgehead atoms. The number of rotatable bonds is 15. The average Bonchev–Trinajstić information content (AvgIpc) is 3.12. The fourth-order valence-electron chi connectivity index (χ4n) is 7.19. The Labute approximate surface area is 289 Å². The van der Waals surface area contributed by atoms with Gasteiger partial charge in [0.25, 0.3) is 23.6 Å². The van der Waals surface area contributed by atoms with Gasteiger partial charge in [0.15, 0.2) is 0 Å². The van der Waals surface area contributed by atoms with Crippen molar-refractivity contribution in [2.45, 2.75) is 97.8 Å². The highest BCUT2D eigenvalue weighted by molar-refractivity contribution is 6.33. The standard InChI is InChI=1S/C41H46N4O4/c1-5-7-11-17-29(4)43(27-31-20-14-10-15-21-31)45-40(48)34-24-22-32-36-33(23-25-35(37(34)36)41(45)49)39(47)44(38(32)46)42(28(3)16-8-6-2)26-30-18-12-9-13-19-30/h9-10,12-15,18-25,28-29H,5-8,11,16-17,26-27H2,1-4H3. The summed E-state index contributed by atoms with van der Waals surface area (Å²) in [5.74, 6) is -1.78. The van der Waals surface area contributed by atoms with E-state index in [9.17, 15) is 19.2 Å². The normalized spacial score (nSPS) is 15.6. The predicted octanol–water partition coefficient (Wildman–Crippen LogP) is 8.41. The van der Waals surface area contributed by atoms with E-state index >= 15 is 0 Å². The fourth-order valence-corrected chi connectivity index (χ4v) is 7.19. The van der Waals surface area contributed by atoms with Crippen LogP contribution in [0.15, 0.2) is 84.9 Å². The molecule has 49 heavy (non-hydrogen) atoms. The summed E-state index contributed by atoms with van der Waals surface area (Å²) < 4.78 is 0. The van der Waals surface area contributed by atoms with Gasteiger partial charge in [-0.05, 0) is 62.1 Å². The van der Waals surface area contributed by atoms with Crippen LogP contribution in [-0.4, -0.2) is 55.7 Å². The Morgan fingerprint density at radius 3 is 1.18 bits per heavy atom. The van der Waals surface area contributed by atoms with E-state index in [2.05, 4.69) is 20.8 Å². The van der Waals surface area contributed by atoms with Crippen molar-refractivity contribution in [2.75, 3.05) is 0 Å². The van der Waals surface area contributed by atoms with Crippen molar-refractivity contribution in [1.29, 1.82) is 0 Å². The number of carbonyl (C=O) groups excluding carboxylic acids is 4. The lowest BCUT2D eigenvalue weighted by Gasteiger charge is -2.42. The van der Waals surface area contributed by atoms with Crippen molar-refractivity contribution in [2.24, 2.45) is 0 Å². The number of carbonyl (C=O) groups is 4. The Morgan fingerprint density at radius 2 is 0.837 bits per heavy atom. The van der Waals surface area contributed by atoms with Gasteiger partial charge >= 0.3 is 0 Å². The lowest BCUT2D eigenvalue weighted by Crippen LogP contribution is -2.56. The van der Waals surface area contributed by atoms with Crippen LogP contribution in [0, 0.1) is 0 Å². The maximum Gasteiger partial charge on any atom is 0.276 e. The van der Waals surface area contributed by atoms with Gasteiger partial charge < -0.3 is 0 Å². The van der Waals surface area contributed by atoms with E-state index < -0.39 is 23.6 Å². The predicted molar refractivity (Wildman–Crippen MR) is 192 cm³/mol. The highest BCUT2D eigenvalue weighted by Crippen LogP contribution is 2.39. The van der Waals surface area contributed by atoms with Crippen LogP contribution in [0.5, 0.6) is 0 Å². The number of imide groups is 2. The number of amides is 4. The smallest absolute Gasteiger partial charge is 0.267 e. The van der Waals surface area contributed by atoms with Crippen LogP contribution in [0.25, 0.3) is 10.8 Å². The van der Waals surface area contributed by atoms with E-state index in [1.807, 2.05) is 77.6 Å². The van der Waals surface area contributed by atoms with Crippen molar-refractivity contribution in [3.05, 3.63) is 118 Å². The molecule has 0 N–H and O–H groups in total. The zero-order chi connectivity index (χ0) is 34.7. The minimum absolute atomic E-state index is 0.0869. The van der Waals surface area contributed by atoms with Crippen LogP contribution in [0.3, 0.4) is 0 Å². The van der Waals surface area contributed by atoms with Crippen LogP contribution in [0.1, 0.15) is 125 Å². The van der Waals surface area contributed by atoms with E-state index in [0.29, 0.717) is 46.1 Å². The van der Waals surface area contributed by atoms with Crippen molar-refractivity contribution in [3.63, 3.8) is 0 Å². The first-order chi connectivity index (χ1) is 23.8. The molecule has 0 aliphatic carbocycles. The van der Waals surface area contributed by atoms with Crippen LogP contribution < -0.4 is 0 Å². The number of unbranched alkanes of at least 4 members (excludes halogenated alkanes) is 3. The molecule has 2 aliphatic heterocycles.